The summed E-state index contributed by atoms with van der Waals surface area (Å²) in [6.45, 7) is 2.50. The van der Waals surface area contributed by atoms with Crippen LogP contribution in [0.2, 0.25) is 5.02 Å². The summed E-state index contributed by atoms with van der Waals surface area (Å²) in [5.74, 6) is 0.944. The molecule has 3 nitrogen and oxygen atoms in total. The third-order valence-electron chi connectivity index (χ3n) is 3.39. The normalized spacial score (nSPS) is 14.3. The van der Waals surface area contributed by atoms with Crippen LogP contribution in [0.1, 0.15) is 12.0 Å². The van der Waals surface area contributed by atoms with Gasteiger partial charge in [-0.15, -0.1) is 0 Å². The highest BCUT2D eigenvalue weighted by atomic mass is 35.5. The van der Waals surface area contributed by atoms with Crippen LogP contribution < -0.4 is 15.4 Å². The standard InChI is InChI=1S/C16H17ClN2O/c17-13-8-12(9-14(18)10-13)11-19-6-3-7-20-16-5-2-1-4-15(16)19/h1-2,4-5,8-10H,3,6-7,11,18H2. The number of nitrogens with two attached hydrogens (primary N) is 1. The van der Waals surface area contributed by atoms with Crippen molar-refractivity contribution in [3.63, 3.8) is 0 Å². The molecule has 0 saturated carbocycles. The van der Waals surface area contributed by atoms with Gasteiger partial charge in [-0.1, -0.05) is 23.7 Å². The molecule has 0 atom stereocenters. The molecule has 0 aromatic heterocycles. The molecule has 20 heavy (non-hydrogen) atoms. The maximum absolute atomic E-state index is 6.08. The summed E-state index contributed by atoms with van der Waals surface area (Å²) in [7, 11) is 0. The van der Waals surface area contributed by atoms with Gasteiger partial charge in [0, 0.05) is 23.8 Å². The van der Waals surface area contributed by atoms with Crippen molar-refractivity contribution < 1.29 is 4.74 Å². The van der Waals surface area contributed by atoms with E-state index in [-0.39, 0.29) is 0 Å². The summed E-state index contributed by atoms with van der Waals surface area (Å²) < 4.78 is 5.77. The molecule has 1 aliphatic heterocycles. The van der Waals surface area contributed by atoms with Crippen LogP contribution in [-0.2, 0) is 6.54 Å². The number of halogens is 1. The van der Waals surface area contributed by atoms with Crippen molar-refractivity contribution in [2.45, 2.75) is 13.0 Å². The summed E-state index contributed by atoms with van der Waals surface area (Å²) in [6, 6.07) is 13.8. The Bertz CT molecular complexity index is 595. The van der Waals surface area contributed by atoms with E-state index in [1.165, 1.54) is 0 Å². The first kappa shape index (κ1) is 13.1. The number of benzene rings is 2. The molecule has 2 N–H and O–H groups in total. The van der Waals surface area contributed by atoms with Gasteiger partial charge in [0.25, 0.3) is 0 Å². The average molecular weight is 289 g/mol. The van der Waals surface area contributed by atoms with E-state index >= 15 is 0 Å². The van der Waals surface area contributed by atoms with Crippen molar-refractivity contribution in [1.29, 1.82) is 0 Å². The van der Waals surface area contributed by atoms with Crippen LogP contribution >= 0.6 is 11.6 Å². The first-order chi connectivity index (χ1) is 9.72. The average Bonchev–Trinajstić information content (AvgIpc) is 2.61. The minimum absolute atomic E-state index is 0.680. The first-order valence-electron chi connectivity index (χ1n) is 6.74. The minimum Gasteiger partial charge on any atom is -0.491 e. The number of nitrogen functional groups attached to an aromatic ring is 1. The molecular formula is C16H17ClN2O. The molecule has 0 saturated heterocycles. The highest BCUT2D eigenvalue weighted by molar-refractivity contribution is 6.30. The van der Waals surface area contributed by atoms with Crippen molar-refractivity contribution in [2.24, 2.45) is 0 Å². The van der Waals surface area contributed by atoms with E-state index in [0.29, 0.717) is 10.7 Å². The SMILES string of the molecule is Nc1cc(Cl)cc(CN2CCCOc3ccccc32)c1. The lowest BCUT2D eigenvalue weighted by atomic mass is 10.1. The summed E-state index contributed by atoms with van der Waals surface area (Å²) in [5, 5.41) is 0.680. The molecule has 0 unspecified atom stereocenters. The molecule has 104 valence electrons. The molecule has 0 spiro atoms. The van der Waals surface area contributed by atoms with Gasteiger partial charge in [-0.3, -0.25) is 0 Å². The molecular weight excluding hydrogens is 272 g/mol. The highest BCUT2D eigenvalue weighted by Gasteiger charge is 2.16. The number of rotatable bonds is 2. The molecule has 0 fully saturated rings. The van der Waals surface area contributed by atoms with Crippen molar-refractivity contribution in [2.75, 3.05) is 23.8 Å². The fraction of sp³-hybridized carbons (Fsp3) is 0.250. The van der Waals surface area contributed by atoms with Gasteiger partial charge in [-0.05, 0) is 42.3 Å². The lowest BCUT2D eigenvalue weighted by molar-refractivity contribution is 0.322. The fourth-order valence-electron chi connectivity index (χ4n) is 2.55. The second-order valence-corrected chi connectivity index (χ2v) is 5.42. The van der Waals surface area contributed by atoms with E-state index in [1.807, 2.05) is 30.3 Å². The zero-order valence-electron chi connectivity index (χ0n) is 11.2. The number of nitrogens with zero attached hydrogens (tertiary/aromatic N) is 1. The van der Waals surface area contributed by atoms with Crippen LogP contribution in [0.5, 0.6) is 5.75 Å². The van der Waals surface area contributed by atoms with Crippen LogP contribution in [0.4, 0.5) is 11.4 Å². The highest BCUT2D eigenvalue weighted by Crippen LogP contribution is 2.32. The zero-order valence-corrected chi connectivity index (χ0v) is 11.9. The topological polar surface area (TPSA) is 38.5 Å². The summed E-state index contributed by atoms with van der Waals surface area (Å²) in [5.41, 5.74) is 8.81. The Hall–Kier alpha value is -1.87. The molecule has 0 radical (unpaired) electrons. The van der Waals surface area contributed by atoms with Crippen LogP contribution in [0, 0.1) is 0 Å². The fourth-order valence-corrected chi connectivity index (χ4v) is 2.82. The Balaban J connectivity index is 1.90. The predicted molar refractivity (Wildman–Crippen MR) is 83.5 cm³/mol. The van der Waals surface area contributed by atoms with Crippen LogP contribution in [0.15, 0.2) is 42.5 Å². The molecule has 0 amide bonds. The number of para-hydroxylation sites is 2. The van der Waals surface area contributed by atoms with Gasteiger partial charge < -0.3 is 15.4 Å². The van der Waals surface area contributed by atoms with Crippen molar-refractivity contribution >= 4 is 23.0 Å². The quantitative estimate of drug-likeness (QED) is 0.856. The number of fused-ring (bicyclic) bond motifs is 1. The van der Waals surface area contributed by atoms with Crippen molar-refractivity contribution in [3.05, 3.63) is 53.1 Å². The molecule has 3 rings (SSSR count). The first-order valence-corrected chi connectivity index (χ1v) is 7.12. The lowest BCUT2D eigenvalue weighted by Gasteiger charge is -2.24. The number of hydrogen-bond donors (Lipinski definition) is 1. The van der Waals surface area contributed by atoms with Gasteiger partial charge in [0.2, 0.25) is 0 Å². The Morgan fingerprint density at radius 2 is 2.05 bits per heavy atom. The summed E-state index contributed by atoms with van der Waals surface area (Å²) in [6.07, 6.45) is 1.00. The third kappa shape index (κ3) is 2.83. The van der Waals surface area contributed by atoms with Gasteiger partial charge in [0.15, 0.2) is 0 Å². The zero-order chi connectivity index (χ0) is 13.9. The summed E-state index contributed by atoms with van der Waals surface area (Å²) >= 11 is 6.08. The van der Waals surface area contributed by atoms with Gasteiger partial charge in [0.1, 0.15) is 5.75 Å². The molecule has 1 aliphatic rings. The number of hydrogen-bond acceptors (Lipinski definition) is 3. The van der Waals surface area contributed by atoms with Crippen molar-refractivity contribution in [3.8, 4) is 5.75 Å². The van der Waals surface area contributed by atoms with E-state index in [2.05, 4.69) is 11.0 Å². The van der Waals surface area contributed by atoms with E-state index in [9.17, 15) is 0 Å². The monoisotopic (exact) mass is 288 g/mol. The molecule has 2 aromatic carbocycles. The third-order valence-corrected chi connectivity index (χ3v) is 3.61. The second kappa shape index (κ2) is 5.63. The maximum Gasteiger partial charge on any atom is 0.142 e. The van der Waals surface area contributed by atoms with Crippen LogP contribution in [0.25, 0.3) is 0 Å². The Morgan fingerprint density at radius 3 is 2.90 bits per heavy atom. The summed E-state index contributed by atoms with van der Waals surface area (Å²) in [4.78, 5) is 2.31. The Labute approximate surface area is 123 Å². The lowest BCUT2D eigenvalue weighted by Crippen LogP contribution is -2.23. The molecule has 0 bridgehead atoms. The molecule has 1 heterocycles. The second-order valence-electron chi connectivity index (χ2n) is 4.98. The Morgan fingerprint density at radius 1 is 1.20 bits per heavy atom. The van der Waals surface area contributed by atoms with Crippen LogP contribution in [-0.4, -0.2) is 13.2 Å². The predicted octanol–water partition coefficient (Wildman–Crippen LogP) is 3.71. The minimum atomic E-state index is 0.680. The molecule has 4 heteroatoms. The number of anilines is 2. The van der Waals surface area contributed by atoms with E-state index in [1.54, 1.807) is 6.07 Å². The maximum atomic E-state index is 6.08. The smallest absolute Gasteiger partial charge is 0.142 e. The largest absolute Gasteiger partial charge is 0.491 e. The number of ether oxygens (including phenoxy) is 1. The van der Waals surface area contributed by atoms with E-state index < -0.39 is 0 Å². The van der Waals surface area contributed by atoms with Crippen molar-refractivity contribution in [1.82, 2.24) is 0 Å². The van der Waals surface area contributed by atoms with E-state index in [4.69, 9.17) is 22.1 Å². The van der Waals surface area contributed by atoms with Gasteiger partial charge in [0.05, 0.1) is 12.3 Å². The van der Waals surface area contributed by atoms with Crippen LogP contribution in [0.3, 0.4) is 0 Å². The van der Waals surface area contributed by atoms with Gasteiger partial charge in [-0.2, -0.15) is 0 Å². The van der Waals surface area contributed by atoms with E-state index in [0.717, 1.165) is 43.1 Å². The van der Waals surface area contributed by atoms with Gasteiger partial charge >= 0.3 is 0 Å². The molecule has 2 aromatic rings. The van der Waals surface area contributed by atoms with Gasteiger partial charge in [-0.25, -0.2) is 0 Å². The molecule has 0 aliphatic carbocycles. The Kier molecular flexibility index (Phi) is 3.70.